The molecule has 27 heavy (non-hydrogen) atoms. The fraction of sp³-hybridized carbons (Fsp3) is 0.600. The number of hydrogen-bond donors (Lipinski definition) is 2. The summed E-state index contributed by atoms with van der Waals surface area (Å²) in [4.78, 5) is 26.4. The molecule has 2 heterocycles. The highest BCUT2D eigenvalue weighted by molar-refractivity contribution is 5.97. The first-order valence-corrected chi connectivity index (χ1v) is 9.60. The number of carbonyl (C=O) groups excluding carboxylic acids is 1. The molecule has 1 aromatic rings. The Morgan fingerprint density at radius 3 is 2.78 bits per heavy atom. The number of benzene rings is 1. The number of hydrogen-bond acceptors (Lipinski definition) is 5. The van der Waals surface area contributed by atoms with E-state index >= 15 is 0 Å². The van der Waals surface area contributed by atoms with E-state index in [0.29, 0.717) is 44.1 Å². The van der Waals surface area contributed by atoms with E-state index in [0.717, 1.165) is 25.9 Å². The van der Waals surface area contributed by atoms with Gasteiger partial charge in [0.25, 0.3) is 5.91 Å². The molecule has 1 atom stereocenters. The zero-order valence-corrected chi connectivity index (χ0v) is 15.8. The fourth-order valence-corrected chi connectivity index (χ4v) is 4.06. The van der Waals surface area contributed by atoms with Crippen LogP contribution in [0, 0.1) is 5.41 Å². The molecule has 7 nitrogen and oxygen atoms in total. The summed E-state index contributed by atoms with van der Waals surface area (Å²) in [5, 5.41) is 13.0. The Bertz CT molecular complexity index is 672. The van der Waals surface area contributed by atoms with Crippen LogP contribution in [-0.4, -0.2) is 67.4 Å². The van der Waals surface area contributed by atoms with Crippen LogP contribution < -0.4 is 10.1 Å². The number of likely N-dealkylation sites (tertiary alicyclic amines) is 1. The number of ether oxygens (including phenoxy) is 2. The third-order valence-corrected chi connectivity index (χ3v) is 5.50. The van der Waals surface area contributed by atoms with Crippen LogP contribution in [0.4, 0.5) is 0 Å². The van der Waals surface area contributed by atoms with Crippen molar-refractivity contribution in [1.82, 2.24) is 10.2 Å². The topological polar surface area (TPSA) is 88.1 Å². The standard InChI is InChI=1S/C20H28N2O5/c1-2-26-10-11-27-16-5-3-4-15(12-16)18(23)22-14-20(6-8-21-9-7-20)13-17(22)19(24)25/h3-5,12,17,21H,2,6-11,13-14H2,1H3,(H,24,25)/t17-/m0/s1. The average molecular weight is 376 g/mol. The van der Waals surface area contributed by atoms with Gasteiger partial charge >= 0.3 is 5.97 Å². The van der Waals surface area contributed by atoms with Crippen molar-refractivity contribution in [3.05, 3.63) is 29.8 Å². The van der Waals surface area contributed by atoms with Crippen molar-refractivity contribution in [3.63, 3.8) is 0 Å². The molecule has 3 rings (SSSR count). The first kappa shape index (κ1) is 19.6. The molecule has 2 aliphatic heterocycles. The number of piperidine rings is 1. The summed E-state index contributed by atoms with van der Waals surface area (Å²) < 4.78 is 10.9. The summed E-state index contributed by atoms with van der Waals surface area (Å²) in [6, 6.07) is 6.17. The smallest absolute Gasteiger partial charge is 0.326 e. The molecule has 7 heteroatoms. The minimum atomic E-state index is -0.928. The highest BCUT2D eigenvalue weighted by Gasteiger charge is 2.49. The number of carbonyl (C=O) groups is 2. The van der Waals surface area contributed by atoms with Gasteiger partial charge in [0.15, 0.2) is 0 Å². The zero-order chi connectivity index (χ0) is 19.3. The van der Waals surface area contributed by atoms with Gasteiger partial charge in [0.1, 0.15) is 18.4 Å². The molecule has 1 spiro atoms. The van der Waals surface area contributed by atoms with Crippen LogP contribution in [0.3, 0.4) is 0 Å². The molecule has 0 radical (unpaired) electrons. The number of nitrogens with zero attached hydrogens (tertiary/aromatic N) is 1. The summed E-state index contributed by atoms with van der Waals surface area (Å²) in [5.74, 6) is -0.584. The van der Waals surface area contributed by atoms with Crippen molar-refractivity contribution in [1.29, 1.82) is 0 Å². The molecule has 2 N–H and O–H groups in total. The first-order chi connectivity index (χ1) is 13.0. The number of carboxylic acids is 1. The van der Waals surface area contributed by atoms with Gasteiger partial charge in [-0.05, 0) is 62.9 Å². The monoisotopic (exact) mass is 376 g/mol. The van der Waals surface area contributed by atoms with E-state index in [1.54, 1.807) is 24.3 Å². The van der Waals surface area contributed by atoms with Gasteiger partial charge in [-0.1, -0.05) is 6.07 Å². The number of amides is 1. The zero-order valence-electron chi connectivity index (χ0n) is 15.8. The second-order valence-corrected chi connectivity index (χ2v) is 7.31. The van der Waals surface area contributed by atoms with Crippen LogP contribution >= 0.6 is 0 Å². The van der Waals surface area contributed by atoms with E-state index in [-0.39, 0.29) is 11.3 Å². The molecule has 1 aromatic carbocycles. The molecule has 2 saturated heterocycles. The largest absolute Gasteiger partial charge is 0.491 e. The number of rotatable bonds is 7. The second-order valence-electron chi connectivity index (χ2n) is 7.31. The molecule has 2 fully saturated rings. The number of carboxylic acid groups (broad SMARTS) is 1. The molecule has 0 bridgehead atoms. The molecule has 148 valence electrons. The van der Waals surface area contributed by atoms with Gasteiger partial charge in [-0.3, -0.25) is 4.79 Å². The van der Waals surface area contributed by atoms with Crippen LogP contribution in [0.15, 0.2) is 24.3 Å². The van der Waals surface area contributed by atoms with Gasteiger partial charge in [0, 0.05) is 18.7 Å². The highest BCUT2D eigenvalue weighted by atomic mass is 16.5. The Morgan fingerprint density at radius 2 is 2.07 bits per heavy atom. The van der Waals surface area contributed by atoms with Crippen molar-refractivity contribution in [2.75, 3.05) is 39.5 Å². The van der Waals surface area contributed by atoms with Gasteiger partial charge in [0.2, 0.25) is 0 Å². The van der Waals surface area contributed by atoms with E-state index in [9.17, 15) is 14.7 Å². The fourth-order valence-electron chi connectivity index (χ4n) is 4.06. The Morgan fingerprint density at radius 1 is 1.30 bits per heavy atom. The van der Waals surface area contributed by atoms with Gasteiger partial charge < -0.3 is 24.8 Å². The van der Waals surface area contributed by atoms with Gasteiger partial charge in [-0.25, -0.2) is 4.79 Å². The van der Waals surface area contributed by atoms with Crippen LogP contribution in [0.25, 0.3) is 0 Å². The SMILES string of the molecule is CCOCCOc1cccc(C(=O)N2CC3(CCNCC3)C[C@H]2C(=O)O)c1. The average Bonchev–Trinajstić information content (AvgIpc) is 3.05. The molecule has 1 amide bonds. The van der Waals surface area contributed by atoms with Crippen molar-refractivity contribution >= 4 is 11.9 Å². The Labute approximate surface area is 159 Å². The maximum absolute atomic E-state index is 13.1. The van der Waals surface area contributed by atoms with Gasteiger partial charge in [-0.2, -0.15) is 0 Å². The Hall–Kier alpha value is -2.12. The molecular weight excluding hydrogens is 348 g/mol. The van der Waals surface area contributed by atoms with Crippen LogP contribution in [-0.2, 0) is 9.53 Å². The quantitative estimate of drug-likeness (QED) is 0.705. The van der Waals surface area contributed by atoms with Crippen molar-refractivity contribution in [2.24, 2.45) is 5.41 Å². The summed E-state index contributed by atoms with van der Waals surface area (Å²) in [5.41, 5.74) is 0.372. The molecule has 2 aliphatic rings. The minimum Gasteiger partial charge on any atom is -0.491 e. The molecular formula is C20H28N2O5. The van der Waals surface area contributed by atoms with E-state index in [1.165, 1.54) is 4.90 Å². The lowest BCUT2D eigenvalue weighted by Crippen LogP contribution is -2.41. The predicted molar refractivity (Wildman–Crippen MR) is 100 cm³/mol. The lowest BCUT2D eigenvalue weighted by molar-refractivity contribution is -0.141. The third kappa shape index (κ3) is 4.59. The Kier molecular flexibility index (Phi) is 6.34. The van der Waals surface area contributed by atoms with E-state index in [4.69, 9.17) is 9.47 Å². The highest BCUT2D eigenvalue weighted by Crippen LogP contribution is 2.42. The number of nitrogens with one attached hydrogen (secondary N) is 1. The van der Waals surface area contributed by atoms with Crippen molar-refractivity contribution in [2.45, 2.75) is 32.2 Å². The maximum atomic E-state index is 13.1. The Balaban J connectivity index is 1.72. The summed E-state index contributed by atoms with van der Waals surface area (Å²) in [7, 11) is 0. The first-order valence-electron chi connectivity index (χ1n) is 9.60. The summed E-state index contributed by atoms with van der Waals surface area (Å²) in [6.07, 6.45) is 2.34. The van der Waals surface area contributed by atoms with E-state index in [1.807, 2.05) is 6.92 Å². The third-order valence-electron chi connectivity index (χ3n) is 5.50. The van der Waals surface area contributed by atoms with E-state index < -0.39 is 12.0 Å². The van der Waals surface area contributed by atoms with Crippen LogP contribution in [0.1, 0.15) is 36.5 Å². The summed E-state index contributed by atoms with van der Waals surface area (Å²) in [6.45, 7) is 5.69. The molecule has 0 unspecified atom stereocenters. The maximum Gasteiger partial charge on any atom is 0.326 e. The van der Waals surface area contributed by atoms with Crippen molar-refractivity contribution < 1.29 is 24.2 Å². The lowest BCUT2D eigenvalue weighted by atomic mass is 9.77. The summed E-state index contributed by atoms with van der Waals surface area (Å²) >= 11 is 0. The lowest BCUT2D eigenvalue weighted by Gasteiger charge is -2.33. The predicted octanol–water partition coefficient (Wildman–Crippen LogP) is 1.77. The minimum absolute atomic E-state index is 0.0877. The molecule has 0 aromatic heterocycles. The normalized spacial score (nSPS) is 21.4. The van der Waals surface area contributed by atoms with E-state index in [2.05, 4.69) is 5.32 Å². The second kappa shape index (κ2) is 8.71. The molecule has 0 saturated carbocycles. The van der Waals surface area contributed by atoms with Crippen LogP contribution in [0.2, 0.25) is 0 Å². The van der Waals surface area contributed by atoms with Gasteiger partial charge in [-0.15, -0.1) is 0 Å². The number of aliphatic carboxylic acids is 1. The van der Waals surface area contributed by atoms with Crippen molar-refractivity contribution in [3.8, 4) is 5.75 Å². The van der Waals surface area contributed by atoms with Gasteiger partial charge in [0.05, 0.1) is 6.61 Å². The van der Waals surface area contributed by atoms with Crippen LogP contribution in [0.5, 0.6) is 5.75 Å². The molecule has 0 aliphatic carbocycles.